The number of urea groups is 1. The molecule has 2 fully saturated rings. The molecule has 0 radical (unpaired) electrons. The van der Waals surface area contributed by atoms with Crippen LogP contribution in [0.25, 0.3) is 11.0 Å². The number of aromatic amines is 1. The minimum absolute atomic E-state index is 0.0804. The van der Waals surface area contributed by atoms with Crippen molar-refractivity contribution >= 4 is 56.1 Å². The molecule has 6 rings (SSSR count). The smallest absolute Gasteiger partial charge is 0.328 e. The summed E-state index contributed by atoms with van der Waals surface area (Å²) in [5.41, 5.74) is 1.16. The maximum atomic E-state index is 13.7. The first-order valence-corrected chi connectivity index (χ1v) is 14.7. The summed E-state index contributed by atoms with van der Waals surface area (Å²) < 4.78 is 29.1. The van der Waals surface area contributed by atoms with Gasteiger partial charge in [0, 0.05) is 16.6 Å². The Bertz CT molecular complexity index is 1490. The van der Waals surface area contributed by atoms with Crippen LogP contribution in [0.15, 0.2) is 40.8 Å². The van der Waals surface area contributed by atoms with Crippen LogP contribution in [0.3, 0.4) is 0 Å². The molecule has 0 spiro atoms. The number of hydrogen-bond donors (Lipinski definition) is 2. The first kappa shape index (κ1) is 23.6. The number of fused-ring (bicyclic) bond motifs is 2. The van der Waals surface area contributed by atoms with Crippen molar-refractivity contribution in [2.75, 3.05) is 0 Å². The lowest BCUT2D eigenvalue weighted by atomic mass is 10.0. The fourth-order valence-electron chi connectivity index (χ4n) is 4.45. The highest BCUT2D eigenvalue weighted by Gasteiger charge is 2.52. The first-order valence-electron chi connectivity index (χ1n) is 11.5. The SMILES string of the molecule is Cc1ncc(CN2C(=O)C3C=C(S(=O)(=O)NC4(C)CC4)SC3N(Cc3nc4ccccc4[nH]3)C2=O)s1. The highest BCUT2D eigenvalue weighted by molar-refractivity contribution is 8.18. The molecule has 1 saturated heterocycles. The van der Waals surface area contributed by atoms with Crippen LogP contribution in [0.4, 0.5) is 4.79 Å². The number of benzene rings is 1. The maximum absolute atomic E-state index is 13.7. The number of H-pyrrole nitrogens is 1. The Morgan fingerprint density at radius 3 is 2.69 bits per heavy atom. The van der Waals surface area contributed by atoms with E-state index in [-0.39, 0.29) is 17.3 Å². The Balaban J connectivity index is 1.34. The van der Waals surface area contributed by atoms with E-state index in [1.165, 1.54) is 22.3 Å². The van der Waals surface area contributed by atoms with Gasteiger partial charge >= 0.3 is 6.03 Å². The fraction of sp³-hybridized carbons (Fsp3) is 0.391. The average Bonchev–Trinajstić information content (AvgIpc) is 3.21. The number of imide groups is 1. The molecule has 3 amide bonds. The van der Waals surface area contributed by atoms with Gasteiger partial charge in [0.2, 0.25) is 15.9 Å². The van der Waals surface area contributed by atoms with Crippen molar-refractivity contribution in [1.29, 1.82) is 0 Å². The number of carbonyl (C=O) groups is 2. The van der Waals surface area contributed by atoms with Gasteiger partial charge in [-0.2, -0.15) is 0 Å². The molecule has 3 aliphatic rings. The van der Waals surface area contributed by atoms with Gasteiger partial charge in [-0.25, -0.2) is 27.9 Å². The normalized spacial score (nSPS) is 23.3. The van der Waals surface area contributed by atoms with Crippen LogP contribution in [0, 0.1) is 12.8 Å². The highest BCUT2D eigenvalue weighted by atomic mass is 32.3. The van der Waals surface area contributed by atoms with Crippen molar-refractivity contribution in [2.24, 2.45) is 5.92 Å². The molecule has 1 aromatic carbocycles. The Labute approximate surface area is 216 Å². The van der Waals surface area contributed by atoms with Crippen molar-refractivity contribution in [3.8, 4) is 0 Å². The van der Waals surface area contributed by atoms with E-state index in [9.17, 15) is 18.0 Å². The zero-order chi connectivity index (χ0) is 25.2. The van der Waals surface area contributed by atoms with Gasteiger partial charge in [0.25, 0.3) is 0 Å². The van der Waals surface area contributed by atoms with Gasteiger partial charge in [0.1, 0.15) is 15.4 Å². The first-order chi connectivity index (χ1) is 17.1. The van der Waals surface area contributed by atoms with Gasteiger partial charge in [-0.3, -0.25) is 9.69 Å². The fourth-order valence-corrected chi connectivity index (χ4v) is 8.53. The van der Waals surface area contributed by atoms with Gasteiger partial charge < -0.3 is 9.88 Å². The van der Waals surface area contributed by atoms with Gasteiger partial charge in [-0.1, -0.05) is 23.9 Å². The van der Waals surface area contributed by atoms with E-state index in [0.29, 0.717) is 5.82 Å². The molecule has 4 heterocycles. The number of thiazole rings is 1. The van der Waals surface area contributed by atoms with Crippen molar-refractivity contribution in [3.05, 3.63) is 56.5 Å². The number of aryl methyl sites for hydroxylation is 1. The molecule has 1 aliphatic carbocycles. The van der Waals surface area contributed by atoms with Crippen LogP contribution in [0.1, 0.15) is 35.5 Å². The zero-order valence-electron chi connectivity index (χ0n) is 19.6. The summed E-state index contributed by atoms with van der Waals surface area (Å²) in [4.78, 5) is 42.7. The van der Waals surface area contributed by atoms with Crippen LogP contribution in [-0.4, -0.2) is 56.0 Å². The van der Waals surface area contributed by atoms with E-state index < -0.39 is 38.8 Å². The summed E-state index contributed by atoms with van der Waals surface area (Å²) in [7, 11) is -3.81. The van der Waals surface area contributed by atoms with Crippen LogP contribution in [0.2, 0.25) is 0 Å². The van der Waals surface area contributed by atoms with Crippen molar-refractivity contribution in [3.63, 3.8) is 0 Å². The minimum atomic E-state index is -3.81. The molecule has 2 aliphatic heterocycles. The third-order valence-electron chi connectivity index (χ3n) is 6.58. The monoisotopic (exact) mass is 544 g/mol. The molecular weight excluding hydrogens is 520 g/mol. The van der Waals surface area contributed by atoms with E-state index in [0.717, 1.165) is 45.5 Å². The second kappa shape index (κ2) is 8.40. The average molecular weight is 545 g/mol. The summed E-state index contributed by atoms with van der Waals surface area (Å²) in [6, 6.07) is 7.07. The third kappa shape index (κ3) is 4.23. The van der Waals surface area contributed by atoms with E-state index in [1.807, 2.05) is 38.1 Å². The summed E-state index contributed by atoms with van der Waals surface area (Å²) >= 11 is 2.46. The molecule has 36 heavy (non-hydrogen) atoms. The van der Waals surface area contributed by atoms with E-state index in [1.54, 1.807) is 11.1 Å². The quantitative estimate of drug-likeness (QED) is 0.467. The molecule has 2 atom stereocenters. The summed E-state index contributed by atoms with van der Waals surface area (Å²) in [5.74, 6) is -0.635. The Morgan fingerprint density at radius 2 is 2.00 bits per heavy atom. The number of carbonyl (C=O) groups excluding carboxylic acids is 2. The lowest BCUT2D eigenvalue weighted by Gasteiger charge is -2.40. The van der Waals surface area contributed by atoms with Gasteiger partial charge in [-0.05, 0) is 44.9 Å². The molecule has 10 nitrogen and oxygen atoms in total. The van der Waals surface area contributed by atoms with Crippen LogP contribution >= 0.6 is 23.1 Å². The predicted molar refractivity (Wildman–Crippen MR) is 137 cm³/mol. The van der Waals surface area contributed by atoms with Crippen LogP contribution in [0.5, 0.6) is 0 Å². The molecule has 3 aromatic rings. The number of nitrogens with zero attached hydrogens (tertiary/aromatic N) is 4. The molecule has 13 heteroatoms. The largest absolute Gasteiger partial charge is 0.340 e. The number of sulfonamides is 1. The maximum Gasteiger partial charge on any atom is 0.328 e. The highest BCUT2D eigenvalue weighted by Crippen LogP contribution is 2.46. The molecule has 0 bridgehead atoms. The van der Waals surface area contributed by atoms with Gasteiger partial charge in [-0.15, -0.1) is 11.3 Å². The predicted octanol–water partition coefficient (Wildman–Crippen LogP) is 3.29. The standard InChI is InChI=1S/C23H24N6O4S3/c1-13-24-10-14(34-13)11-28-20(30)15-9-19(36(32,33)27-23(2)7-8-23)35-21(15)29(22(28)31)12-18-25-16-5-3-4-6-17(16)26-18/h3-6,9-10,15,21,27H,7-8,11-12H2,1-2H3,(H,25,26). The van der Waals surface area contributed by atoms with Crippen molar-refractivity contribution in [1.82, 2.24) is 29.5 Å². The lowest BCUT2D eigenvalue weighted by Crippen LogP contribution is -2.58. The summed E-state index contributed by atoms with van der Waals surface area (Å²) in [5, 5.41) is 0.152. The van der Waals surface area contributed by atoms with Gasteiger partial charge in [0.05, 0.1) is 35.0 Å². The molecule has 188 valence electrons. The number of hydrogen-bond acceptors (Lipinski definition) is 8. The number of imidazole rings is 1. The van der Waals surface area contributed by atoms with Crippen molar-refractivity contribution < 1.29 is 18.0 Å². The molecule has 1 saturated carbocycles. The Kier molecular flexibility index (Phi) is 5.52. The Morgan fingerprint density at radius 1 is 1.22 bits per heavy atom. The topological polar surface area (TPSA) is 128 Å². The number of para-hydroxylation sites is 2. The molecule has 2 N–H and O–H groups in total. The second-order valence-corrected chi connectivity index (χ2v) is 14.0. The van der Waals surface area contributed by atoms with Crippen LogP contribution < -0.4 is 4.72 Å². The van der Waals surface area contributed by atoms with E-state index in [4.69, 9.17) is 0 Å². The summed E-state index contributed by atoms with van der Waals surface area (Å²) in [6.07, 6.45) is 4.70. The van der Waals surface area contributed by atoms with Crippen molar-refractivity contribution in [2.45, 2.75) is 50.7 Å². The second-order valence-electron chi connectivity index (χ2n) is 9.57. The number of thioether (sulfide) groups is 1. The van der Waals surface area contributed by atoms with E-state index >= 15 is 0 Å². The number of aromatic nitrogens is 3. The molecular formula is C23H24N6O4S3. The third-order valence-corrected chi connectivity index (χ3v) is 11.0. The van der Waals surface area contributed by atoms with Crippen LogP contribution in [-0.2, 0) is 27.9 Å². The number of nitrogens with one attached hydrogen (secondary N) is 2. The molecule has 2 aromatic heterocycles. The zero-order valence-corrected chi connectivity index (χ0v) is 22.0. The summed E-state index contributed by atoms with van der Waals surface area (Å²) in [6.45, 7) is 3.91. The Hall–Kier alpha value is -2.74. The minimum Gasteiger partial charge on any atom is -0.340 e. The lowest BCUT2D eigenvalue weighted by molar-refractivity contribution is -0.135. The number of rotatable bonds is 7. The molecule has 2 unspecified atom stereocenters. The number of amides is 3. The van der Waals surface area contributed by atoms with E-state index in [2.05, 4.69) is 19.7 Å². The van der Waals surface area contributed by atoms with Gasteiger partial charge in [0.15, 0.2) is 0 Å².